The molecule has 0 bridgehead atoms. The summed E-state index contributed by atoms with van der Waals surface area (Å²) in [5, 5.41) is 4.00. The van der Waals surface area contributed by atoms with Crippen LogP contribution in [0, 0.1) is 5.92 Å². The summed E-state index contributed by atoms with van der Waals surface area (Å²) >= 11 is 0. The molecule has 1 saturated carbocycles. The van der Waals surface area contributed by atoms with Crippen LogP contribution in [-0.4, -0.2) is 27.7 Å². The number of halogens is 2. The fourth-order valence-electron chi connectivity index (χ4n) is 3.49. The van der Waals surface area contributed by atoms with Crippen molar-refractivity contribution in [1.29, 1.82) is 0 Å². The number of rotatable bonds is 9. The zero-order chi connectivity index (χ0) is 20.2. The Morgan fingerprint density at radius 3 is 2.52 bits per heavy atom. The zero-order valence-electron chi connectivity index (χ0n) is 16.2. The summed E-state index contributed by atoms with van der Waals surface area (Å²) in [6.45, 7) is 0.589. The van der Waals surface area contributed by atoms with Gasteiger partial charge in [-0.2, -0.15) is 13.8 Å². The monoisotopic (exact) mass is 399 g/mol. The largest absolute Gasteiger partial charge is 0.434 e. The Labute approximate surface area is 168 Å². The molecule has 1 heterocycles. The van der Waals surface area contributed by atoms with E-state index in [0.29, 0.717) is 30.0 Å². The topological polar surface area (TPSA) is 51.4 Å². The average molecular weight is 399 g/mol. The SMILES string of the molecule is CC(C1CC1)N(Cc1ccccc1)Cc1nc(-c2ccccc2OC(F)F)no1. The molecule has 0 saturated heterocycles. The lowest BCUT2D eigenvalue weighted by Crippen LogP contribution is -2.33. The summed E-state index contributed by atoms with van der Waals surface area (Å²) in [7, 11) is 0. The molecular weight excluding hydrogens is 376 g/mol. The molecular formula is C22H23F2N3O2. The van der Waals surface area contributed by atoms with Crippen LogP contribution in [0.1, 0.15) is 31.2 Å². The molecule has 0 radical (unpaired) electrons. The number of aromatic nitrogens is 2. The molecule has 0 aliphatic heterocycles. The molecule has 0 spiro atoms. The highest BCUT2D eigenvalue weighted by Crippen LogP contribution is 2.36. The number of ether oxygens (including phenoxy) is 1. The highest BCUT2D eigenvalue weighted by atomic mass is 19.3. The van der Waals surface area contributed by atoms with Crippen LogP contribution in [0.15, 0.2) is 59.1 Å². The van der Waals surface area contributed by atoms with Gasteiger partial charge in [0.15, 0.2) is 0 Å². The van der Waals surface area contributed by atoms with Gasteiger partial charge in [-0.1, -0.05) is 47.6 Å². The van der Waals surface area contributed by atoms with Crippen molar-refractivity contribution in [3.8, 4) is 17.1 Å². The third-order valence-corrected chi connectivity index (χ3v) is 5.26. The minimum Gasteiger partial charge on any atom is -0.434 e. The van der Waals surface area contributed by atoms with E-state index < -0.39 is 6.61 Å². The first-order valence-electron chi connectivity index (χ1n) is 9.75. The number of alkyl halides is 2. The summed E-state index contributed by atoms with van der Waals surface area (Å²) in [6.07, 6.45) is 2.47. The fourth-order valence-corrected chi connectivity index (χ4v) is 3.49. The van der Waals surface area contributed by atoms with Crippen LogP contribution in [0.5, 0.6) is 5.75 Å². The molecule has 3 aromatic rings. The Bertz CT molecular complexity index is 929. The van der Waals surface area contributed by atoms with Crippen LogP contribution in [0.3, 0.4) is 0 Å². The molecule has 1 fully saturated rings. The number of benzene rings is 2. The predicted octanol–water partition coefficient (Wildman–Crippen LogP) is 5.14. The molecule has 1 aliphatic carbocycles. The Balaban J connectivity index is 1.53. The van der Waals surface area contributed by atoms with Crippen molar-refractivity contribution in [2.45, 2.75) is 45.5 Å². The van der Waals surface area contributed by atoms with Gasteiger partial charge in [-0.3, -0.25) is 4.90 Å². The summed E-state index contributed by atoms with van der Waals surface area (Å²) in [5.41, 5.74) is 1.60. The third-order valence-electron chi connectivity index (χ3n) is 5.26. The van der Waals surface area contributed by atoms with Crippen molar-refractivity contribution in [2.75, 3.05) is 0 Å². The Morgan fingerprint density at radius 1 is 1.07 bits per heavy atom. The van der Waals surface area contributed by atoms with E-state index in [4.69, 9.17) is 4.52 Å². The molecule has 1 aliphatic rings. The maximum absolute atomic E-state index is 12.7. The van der Waals surface area contributed by atoms with Gasteiger partial charge in [0.25, 0.3) is 0 Å². The van der Waals surface area contributed by atoms with Crippen molar-refractivity contribution < 1.29 is 18.0 Å². The van der Waals surface area contributed by atoms with E-state index >= 15 is 0 Å². The highest BCUT2D eigenvalue weighted by Gasteiger charge is 2.33. The second-order valence-corrected chi connectivity index (χ2v) is 7.36. The molecule has 0 N–H and O–H groups in total. The first-order valence-corrected chi connectivity index (χ1v) is 9.75. The van der Waals surface area contributed by atoms with E-state index in [2.05, 4.69) is 38.8 Å². The van der Waals surface area contributed by atoms with Gasteiger partial charge in [0.1, 0.15) is 5.75 Å². The molecule has 1 unspecified atom stereocenters. The molecule has 5 nitrogen and oxygen atoms in total. The summed E-state index contributed by atoms with van der Waals surface area (Å²) < 4.78 is 35.4. The second kappa shape index (κ2) is 8.69. The lowest BCUT2D eigenvalue weighted by Gasteiger charge is -2.27. The van der Waals surface area contributed by atoms with E-state index in [1.165, 1.54) is 24.5 Å². The van der Waals surface area contributed by atoms with Gasteiger partial charge in [-0.15, -0.1) is 0 Å². The molecule has 0 amide bonds. The number of nitrogens with zero attached hydrogens (tertiary/aromatic N) is 3. The molecule has 152 valence electrons. The van der Waals surface area contributed by atoms with Gasteiger partial charge >= 0.3 is 6.61 Å². The van der Waals surface area contributed by atoms with Crippen LogP contribution < -0.4 is 4.74 Å². The standard InChI is InChI=1S/C22H23F2N3O2/c1-15(17-11-12-17)27(13-16-7-3-2-4-8-16)14-20-25-21(26-29-20)18-9-5-6-10-19(18)28-22(23)24/h2-10,15,17,22H,11-14H2,1H3. The first kappa shape index (κ1) is 19.5. The molecule has 4 rings (SSSR count). The summed E-state index contributed by atoms with van der Waals surface area (Å²) in [4.78, 5) is 6.77. The predicted molar refractivity (Wildman–Crippen MR) is 104 cm³/mol. The molecule has 1 atom stereocenters. The molecule has 7 heteroatoms. The van der Waals surface area contributed by atoms with Crippen LogP contribution in [-0.2, 0) is 13.1 Å². The number of para-hydroxylation sites is 1. The van der Waals surface area contributed by atoms with E-state index in [1.807, 2.05) is 18.2 Å². The maximum Gasteiger partial charge on any atom is 0.387 e. The van der Waals surface area contributed by atoms with E-state index in [1.54, 1.807) is 18.2 Å². The number of hydrogen-bond acceptors (Lipinski definition) is 5. The molecule has 2 aromatic carbocycles. The molecule has 1 aromatic heterocycles. The zero-order valence-corrected chi connectivity index (χ0v) is 16.2. The fraction of sp³-hybridized carbons (Fsp3) is 0.364. The average Bonchev–Trinajstić information content (AvgIpc) is 3.47. The van der Waals surface area contributed by atoms with Crippen molar-refractivity contribution >= 4 is 0 Å². The Morgan fingerprint density at radius 2 is 1.79 bits per heavy atom. The van der Waals surface area contributed by atoms with Gasteiger partial charge in [0.2, 0.25) is 11.7 Å². The van der Waals surface area contributed by atoms with E-state index in [9.17, 15) is 8.78 Å². The summed E-state index contributed by atoms with van der Waals surface area (Å²) in [5.74, 6) is 1.41. The van der Waals surface area contributed by atoms with Crippen LogP contribution in [0.4, 0.5) is 8.78 Å². The Kier molecular flexibility index (Phi) is 5.85. The van der Waals surface area contributed by atoms with Crippen LogP contribution in [0.2, 0.25) is 0 Å². The maximum atomic E-state index is 12.7. The lowest BCUT2D eigenvalue weighted by atomic mass is 10.1. The van der Waals surface area contributed by atoms with Crippen molar-refractivity contribution in [3.05, 3.63) is 66.1 Å². The lowest BCUT2D eigenvalue weighted by molar-refractivity contribution is -0.0494. The number of hydrogen-bond donors (Lipinski definition) is 0. The normalized spacial score (nSPS) is 15.1. The van der Waals surface area contributed by atoms with Gasteiger partial charge < -0.3 is 9.26 Å². The van der Waals surface area contributed by atoms with E-state index in [0.717, 1.165) is 6.54 Å². The van der Waals surface area contributed by atoms with Crippen molar-refractivity contribution in [2.24, 2.45) is 5.92 Å². The quantitative estimate of drug-likeness (QED) is 0.499. The smallest absolute Gasteiger partial charge is 0.387 e. The first-order chi connectivity index (χ1) is 14.1. The van der Waals surface area contributed by atoms with Gasteiger partial charge in [-0.25, -0.2) is 0 Å². The minimum absolute atomic E-state index is 0.0299. The van der Waals surface area contributed by atoms with Gasteiger partial charge in [-0.05, 0) is 43.4 Å². The van der Waals surface area contributed by atoms with Crippen molar-refractivity contribution in [1.82, 2.24) is 15.0 Å². The van der Waals surface area contributed by atoms with Crippen LogP contribution in [0.25, 0.3) is 11.4 Å². The highest BCUT2D eigenvalue weighted by molar-refractivity contribution is 5.63. The van der Waals surface area contributed by atoms with E-state index in [-0.39, 0.29) is 11.6 Å². The third kappa shape index (κ3) is 4.98. The van der Waals surface area contributed by atoms with Gasteiger partial charge in [0.05, 0.1) is 12.1 Å². The molecule has 29 heavy (non-hydrogen) atoms. The second-order valence-electron chi connectivity index (χ2n) is 7.36. The Hall–Kier alpha value is -2.80. The van der Waals surface area contributed by atoms with Crippen LogP contribution >= 0.6 is 0 Å². The van der Waals surface area contributed by atoms with Crippen molar-refractivity contribution in [3.63, 3.8) is 0 Å². The summed E-state index contributed by atoms with van der Waals surface area (Å²) in [6, 6.07) is 17.1. The minimum atomic E-state index is -2.91. The van der Waals surface area contributed by atoms with Gasteiger partial charge in [0, 0.05) is 12.6 Å².